The fourth-order valence-electron chi connectivity index (χ4n) is 5.22. The summed E-state index contributed by atoms with van der Waals surface area (Å²) in [6.07, 6.45) is 3.68. The predicted octanol–water partition coefficient (Wildman–Crippen LogP) is 5.56. The van der Waals surface area contributed by atoms with Crippen LogP contribution in [0.4, 0.5) is 22.7 Å². The van der Waals surface area contributed by atoms with E-state index in [2.05, 4.69) is 37.8 Å². The molecule has 1 fully saturated rings. The highest BCUT2D eigenvalue weighted by Gasteiger charge is 2.24. The number of likely N-dealkylation sites (N-methyl/N-ethyl adjacent to an activating group) is 1. The quantitative estimate of drug-likeness (QED) is 0.228. The number of carbonyl (C=O) groups excluding carboxylic acids is 2. The molecule has 0 radical (unpaired) electrons. The summed E-state index contributed by atoms with van der Waals surface area (Å²) in [5, 5.41) is 9.43. The molecule has 0 atom stereocenters. The summed E-state index contributed by atoms with van der Waals surface area (Å²) in [6.45, 7) is 7.22. The third-order valence-electron chi connectivity index (χ3n) is 7.72. The average Bonchev–Trinajstić information content (AvgIpc) is 3.59. The molecule has 3 aromatic carbocycles. The second kappa shape index (κ2) is 11.4. The molecule has 6 rings (SSSR count). The van der Waals surface area contributed by atoms with E-state index in [4.69, 9.17) is 0 Å². The van der Waals surface area contributed by atoms with Crippen molar-refractivity contribution in [2.45, 2.75) is 13.5 Å². The van der Waals surface area contributed by atoms with Crippen LogP contribution in [-0.2, 0) is 11.3 Å². The maximum Gasteiger partial charge on any atom is 0.256 e. The molecule has 4 aromatic rings. The molecule has 2 aliphatic heterocycles. The van der Waals surface area contributed by atoms with Crippen molar-refractivity contribution in [2.24, 2.45) is 0 Å². The number of amides is 2. The zero-order valence-electron chi connectivity index (χ0n) is 23.3. The van der Waals surface area contributed by atoms with Crippen LogP contribution in [0.5, 0.6) is 0 Å². The van der Waals surface area contributed by atoms with E-state index in [-0.39, 0.29) is 11.8 Å². The number of anilines is 4. The molecule has 208 valence electrons. The molecule has 2 amide bonds. The number of benzene rings is 3. The van der Waals surface area contributed by atoms with Crippen LogP contribution in [0.25, 0.3) is 11.6 Å². The molecule has 0 aliphatic carbocycles. The molecular weight excluding hydrogens is 512 g/mol. The molecule has 0 bridgehead atoms. The molecule has 2 aliphatic rings. The van der Waals surface area contributed by atoms with Gasteiger partial charge in [0.1, 0.15) is 0 Å². The third-order valence-corrected chi connectivity index (χ3v) is 7.72. The molecule has 3 heterocycles. The lowest BCUT2D eigenvalue weighted by molar-refractivity contribution is -0.110. The van der Waals surface area contributed by atoms with Gasteiger partial charge in [0.15, 0.2) is 0 Å². The van der Waals surface area contributed by atoms with Gasteiger partial charge < -0.3 is 25.8 Å². The SMILES string of the molecule is Cc1ccc(NC(=O)c2ccc(CN3CCN(C)CC3)cc2)cc1Nc1ccc2c(c1)NC(=O)C2=Cc1ccc[nH]1. The molecule has 8 nitrogen and oxygen atoms in total. The molecule has 8 heteroatoms. The lowest BCUT2D eigenvalue weighted by Gasteiger charge is -2.32. The highest BCUT2D eigenvalue weighted by Crippen LogP contribution is 2.36. The number of nitrogens with zero attached hydrogens (tertiary/aromatic N) is 2. The molecule has 1 aromatic heterocycles. The Bertz CT molecular complexity index is 1600. The van der Waals surface area contributed by atoms with Gasteiger partial charge in [-0.25, -0.2) is 0 Å². The van der Waals surface area contributed by atoms with Gasteiger partial charge in [-0.05, 0) is 79.7 Å². The first kappa shape index (κ1) is 26.6. The van der Waals surface area contributed by atoms with Crippen molar-refractivity contribution in [3.8, 4) is 0 Å². The Kier molecular flexibility index (Phi) is 7.41. The van der Waals surface area contributed by atoms with Crippen LogP contribution in [-0.4, -0.2) is 59.8 Å². The molecule has 4 N–H and O–H groups in total. The maximum absolute atomic E-state index is 13.0. The number of hydrogen-bond donors (Lipinski definition) is 4. The number of rotatable bonds is 7. The van der Waals surface area contributed by atoms with Crippen LogP contribution in [0.15, 0.2) is 79.0 Å². The standard InChI is InChI=1S/C33H34N6O2/c1-22-5-10-27(36-32(40)24-8-6-23(7-9-24)21-39-16-14-38(2)15-17-39)19-30(22)35-26-11-12-28-29(18-25-4-3-13-34-25)33(41)37-31(28)20-26/h3-13,18-20,34-35H,14-17,21H2,1-2H3,(H,36,40)(H,37,41). The fourth-order valence-corrected chi connectivity index (χ4v) is 5.22. The highest BCUT2D eigenvalue weighted by molar-refractivity contribution is 6.35. The number of carbonyl (C=O) groups is 2. The Morgan fingerprint density at radius 3 is 2.49 bits per heavy atom. The summed E-state index contributed by atoms with van der Waals surface area (Å²) in [4.78, 5) is 33.5. The molecule has 1 saturated heterocycles. The molecule has 0 saturated carbocycles. The number of aryl methyl sites for hydroxylation is 1. The average molecular weight is 547 g/mol. The van der Waals surface area contributed by atoms with Gasteiger partial charge in [0.05, 0.1) is 11.3 Å². The normalized spacial score (nSPS) is 16.4. The van der Waals surface area contributed by atoms with Crippen molar-refractivity contribution >= 4 is 46.2 Å². The minimum absolute atomic E-state index is 0.125. The topological polar surface area (TPSA) is 92.5 Å². The second-order valence-electron chi connectivity index (χ2n) is 10.8. The first-order valence-corrected chi connectivity index (χ1v) is 13.9. The number of nitrogens with one attached hydrogen (secondary N) is 4. The van der Waals surface area contributed by atoms with Crippen LogP contribution < -0.4 is 16.0 Å². The monoisotopic (exact) mass is 546 g/mol. The number of aromatic nitrogens is 1. The first-order valence-electron chi connectivity index (χ1n) is 13.9. The van der Waals surface area contributed by atoms with E-state index < -0.39 is 0 Å². The largest absolute Gasteiger partial charge is 0.362 e. The predicted molar refractivity (Wildman–Crippen MR) is 165 cm³/mol. The van der Waals surface area contributed by atoms with Gasteiger partial charge in [-0.3, -0.25) is 14.5 Å². The molecule has 41 heavy (non-hydrogen) atoms. The first-order chi connectivity index (χ1) is 19.9. The Hall–Kier alpha value is -4.66. The number of piperazine rings is 1. The highest BCUT2D eigenvalue weighted by atomic mass is 16.2. The number of H-pyrrole nitrogens is 1. The van der Waals surface area contributed by atoms with Crippen molar-refractivity contribution in [3.63, 3.8) is 0 Å². The van der Waals surface area contributed by atoms with Crippen LogP contribution in [0.1, 0.15) is 32.7 Å². The minimum Gasteiger partial charge on any atom is -0.362 e. The lowest BCUT2D eigenvalue weighted by atomic mass is 10.1. The van der Waals surface area contributed by atoms with E-state index in [0.717, 1.165) is 66.6 Å². The summed E-state index contributed by atoms with van der Waals surface area (Å²) < 4.78 is 0. The third kappa shape index (κ3) is 6.09. The minimum atomic E-state index is -0.146. The number of hydrogen-bond acceptors (Lipinski definition) is 5. The Morgan fingerprint density at radius 1 is 0.951 bits per heavy atom. The van der Waals surface area contributed by atoms with Crippen molar-refractivity contribution < 1.29 is 9.59 Å². The zero-order valence-corrected chi connectivity index (χ0v) is 23.3. The van der Waals surface area contributed by atoms with Gasteiger partial charge in [-0.2, -0.15) is 0 Å². The molecule has 0 unspecified atom stereocenters. The van der Waals surface area contributed by atoms with Gasteiger partial charge in [0.2, 0.25) is 0 Å². The number of fused-ring (bicyclic) bond motifs is 1. The van der Waals surface area contributed by atoms with Crippen LogP contribution in [0.2, 0.25) is 0 Å². The van der Waals surface area contributed by atoms with Crippen molar-refractivity contribution in [3.05, 3.63) is 107 Å². The zero-order chi connectivity index (χ0) is 28.3. The van der Waals surface area contributed by atoms with Crippen molar-refractivity contribution in [2.75, 3.05) is 49.2 Å². The van der Waals surface area contributed by atoms with Crippen LogP contribution in [0.3, 0.4) is 0 Å². The van der Waals surface area contributed by atoms with Gasteiger partial charge >= 0.3 is 0 Å². The lowest BCUT2D eigenvalue weighted by Crippen LogP contribution is -2.43. The Morgan fingerprint density at radius 2 is 1.73 bits per heavy atom. The van der Waals surface area contributed by atoms with Crippen LogP contribution in [0, 0.1) is 6.92 Å². The molecule has 0 spiro atoms. The van der Waals surface area contributed by atoms with Gasteiger partial charge in [-0.1, -0.05) is 24.3 Å². The van der Waals surface area contributed by atoms with Gasteiger partial charge in [0, 0.05) is 72.8 Å². The summed E-state index contributed by atoms with van der Waals surface area (Å²) >= 11 is 0. The van der Waals surface area contributed by atoms with Gasteiger partial charge in [0.25, 0.3) is 11.8 Å². The number of aromatic amines is 1. The van der Waals surface area contributed by atoms with E-state index in [0.29, 0.717) is 16.8 Å². The summed E-state index contributed by atoms with van der Waals surface area (Å²) in [6, 6.07) is 23.3. The maximum atomic E-state index is 13.0. The Balaban J connectivity index is 1.11. The fraction of sp³-hybridized carbons (Fsp3) is 0.212. The van der Waals surface area contributed by atoms with E-state index in [9.17, 15) is 9.59 Å². The van der Waals surface area contributed by atoms with E-state index >= 15 is 0 Å². The van der Waals surface area contributed by atoms with Crippen molar-refractivity contribution in [1.29, 1.82) is 0 Å². The summed E-state index contributed by atoms with van der Waals surface area (Å²) in [5.41, 5.74) is 8.42. The van der Waals surface area contributed by atoms with Gasteiger partial charge in [-0.15, -0.1) is 0 Å². The van der Waals surface area contributed by atoms with E-state index in [1.807, 2.05) is 92.0 Å². The van der Waals surface area contributed by atoms with E-state index in [1.54, 1.807) is 0 Å². The summed E-state index contributed by atoms with van der Waals surface area (Å²) in [5.74, 6) is -0.271. The molecular formula is C33H34N6O2. The van der Waals surface area contributed by atoms with Crippen molar-refractivity contribution in [1.82, 2.24) is 14.8 Å². The Labute approximate surface area is 240 Å². The summed E-state index contributed by atoms with van der Waals surface area (Å²) in [7, 11) is 2.16. The van der Waals surface area contributed by atoms with Crippen LogP contribution >= 0.6 is 0 Å². The van der Waals surface area contributed by atoms with E-state index in [1.165, 1.54) is 5.56 Å². The smallest absolute Gasteiger partial charge is 0.256 e. The second-order valence-corrected chi connectivity index (χ2v) is 10.8.